The van der Waals surface area contributed by atoms with E-state index in [0.29, 0.717) is 5.56 Å². The van der Waals surface area contributed by atoms with Gasteiger partial charge in [-0.2, -0.15) is 0 Å². The number of carboxylic acids is 3. The van der Waals surface area contributed by atoms with Gasteiger partial charge in [-0.25, -0.2) is 4.79 Å². The first-order valence-electron chi connectivity index (χ1n) is 13.8. The number of carbonyl (C=O) groups is 7. The van der Waals surface area contributed by atoms with Crippen LogP contribution in [0.15, 0.2) is 35.3 Å². The summed E-state index contributed by atoms with van der Waals surface area (Å²) in [6.45, 7) is 1.35. The van der Waals surface area contributed by atoms with Gasteiger partial charge in [-0.3, -0.25) is 33.8 Å². The summed E-state index contributed by atoms with van der Waals surface area (Å²) in [5.41, 5.74) is 16.6. The van der Waals surface area contributed by atoms with Gasteiger partial charge in [0.2, 0.25) is 23.6 Å². The highest BCUT2D eigenvalue weighted by molar-refractivity contribution is 5.96. The molecule has 1 aromatic carbocycles. The van der Waals surface area contributed by atoms with Crippen molar-refractivity contribution in [2.24, 2.45) is 22.2 Å². The van der Waals surface area contributed by atoms with Crippen LogP contribution < -0.4 is 38.5 Å². The van der Waals surface area contributed by atoms with Crippen LogP contribution in [0.2, 0.25) is 0 Å². The molecule has 0 aliphatic heterocycles. The number of carboxylic acid groups (broad SMARTS) is 3. The minimum atomic E-state index is -1.50. The van der Waals surface area contributed by atoms with Crippen LogP contribution in [0.1, 0.15) is 44.6 Å². The Morgan fingerprint density at radius 3 is 1.89 bits per heavy atom. The van der Waals surface area contributed by atoms with Crippen molar-refractivity contribution in [3.63, 3.8) is 0 Å². The van der Waals surface area contributed by atoms with E-state index in [0.717, 1.165) is 0 Å². The quantitative estimate of drug-likeness (QED) is 0.0388. The highest BCUT2D eigenvalue weighted by Gasteiger charge is 2.31. The van der Waals surface area contributed by atoms with E-state index in [4.69, 9.17) is 27.4 Å². The standard InChI is InChI=1S/C27H40N8O10/c1-14(32-23(41)16(28)13-21(38)39)22(40)33-17(9-10-20(36)37)24(42)35-19(12-15-6-3-2-4-7-15)25(43)34-18(26(44)45)8-5-11-31-27(29)30/h2-4,6-7,14,16-19H,5,8-13,28H2,1H3,(H,32,41)(H,33,40)(H,34,43)(H,35,42)(H,36,37)(H,38,39)(H,44,45)(H4,29,30,31)/t14-,16+,17-,18-,19-/m0/s1. The first kappa shape index (κ1) is 37.8. The Morgan fingerprint density at radius 2 is 1.33 bits per heavy atom. The van der Waals surface area contributed by atoms with E-state index in [9.17, 15) is 38.7 Å². The number of rotatable bonds is 20. The lowest BCUT2D eigenvalue weighted by molar-refractivity contribution is -0.142. The summed E-state index contributed by atoms with van der Waals surface area (Å²) >= 11 is 0. The van der Waals surface area contributed by atoms with Gasteiger partial charge in [-0.05, 0) is 31.7 Å². The summed E-state index contributed by atoms with van der Waals surface area (Å²) in [4.78, 5) is 89.2. The third kappa shape index (κ3) is 15.2. The number of nitrogens with one attached hydrogen (secondary N) is 4. The van der Waals surface area contributed by atoms with Crippen LogP contribution in [0.3, 0.4) is 0 Å². The van der Waals surface area contributed by atoms with Crippen molar-refractivity contribution in [2.75, 3.05) is 6.54 Å². The zero-order valence-electron chi connectivity index (χ0n) is 24.6. The molecule has 0 aliphatic rings. The second-order valence-electron chi connectivity index (χ2n) is 10.0. The number of aliphatic imine (C=N–C) groups is 1. The number of guanidine groups is 1. The second-order valence-corrected chi connectivity index (χ2v) is 10.0. The monoisotopic (exact) mass is 636 g/mol. The highest BCUT2D eigenvalue weighted by Crippen LogP contribution is 2.08. The van der Waals surface area contributed by atoms with Gasteiger partial charge in [0.15, 0.2) is 5.96 Å². The van der Waals surface area contributed by atoms with Crippen molar-refractivity contribution in [2.45, 2.75) is 75.7 Å². The molecule has 0 radical (unpaired) electrons. The average molecular weight is 637 g/mol. The molecule has 18 nitrogen and oxygen atoms in total. The fourth-order valence-electron chi connectivity index (χ4n) is 3.86. The molecule has 13 N–H and O–H groups in total. The van der Waals surface area contributed by atoms with Crippen LogP contribution in [-0.2, 0) is 40.0 Å². The third-order valence-corrected chi connectivity index (χ3v) is 6.24. The largest absolute Gasteiger partial charge is 0.481 e. The van der Waals surface area contributed by atoms with E-state index in [2.05, 4.69) is 26.3 Å². The minimum absolute atomic E-state index is 0.0408. The third-order valence-electron chi connectivity index (χ3n) is 6.24. The molecule has 18 heteroatoms. The van der Waals surface area contributed by atoms with E-state index < -0.39 is 91.0 Å². The van der Waals surface area contributed by atoms with E-state index in [1.54, 1.807) is 30.3 Å². The number of hydrogen-bond donors (Lipinski definition) is 10. The van der Waals surface area contributed by atoms with Gasteiger partial charge in [0.05, 0.1) is 12.5 Å². The van der Waals surface area contributed by atoms with Crippen molar-refractivity contribution in [1.82, 2.24) is 21.3 Å². The van der Waals surface area contributed by atoms with Crippen LogP contribution in [-0.4, -0.2) is 99.6 Å². The number of hydrogen-bond acceptors (Lipinski definition) is 9. The molecule has 1 rings (SSSR count). The number of carbonyl (C=O) groups excluding carboxylic acids is 4. The van der Waals surface area contributed by atoms with Crippen molar-refractivity contribution in [3.8, 4) is 0 Å². The fourth-order valence-corrected chi connectivity index (χ4v) is 3.86. The van der Waals surface area contributed by atoms with Gasteiger partial charge in [-0.1, -0.05) is 30.3 Å². The Morgan fingerprint density at radius 1 is 0.756 bits per heavy atom. The average Bonchev–Trinajstić information content (AvgIpc) is 2.95. The van der Waals surface area contributed by atoms with Gasteiger partial charge < -0.3 is 53.8 Å². The Hall–Kier alpha value is -5.26. The lowest BCUT2D eigenvalue weighted by Gasteiger charge is -2.25. The molecule has 45 heavy (non-hydrogen) atoms. The normalized spacial score (nSPS) is 13.9. The first-order valence-corrected chi connectivity index (χ1v) is 13.8. The molecule has 0 unspecified atom stereocenters. The van der Waals surface area contributed by atoms with Crippen LogP contribution >= 0.6 is 0 Å². The number of nitrogens with two attached hydrogens (primary N) is 3. The van der Waals surface area contributed by atoms with Gasteiger partial charge in [-0.15, -0.1) is 0 Å². The molecule has 5 atom stereocenters. The predicted octanol–water partition coefficient (Wildman–Crippen LogP) is -3.01. The first-order chi connectivity index (χ1) is 21.1. The van der Waals surface area contributed by atoms with Crippen molar-refractivity contribution in [1.29, 1.82) is 0 Å². The fraction of sp³-hybridized carbons (Fsp3) is 0.481. The van der Waals surface area contributed by atoms with E-state index in [1.807, 2.05) is 0 Å². The smallest absolute Gasteiger partial charge is 0.326 e. The Kier molecular flexibility index (Phi) is 16.0. The summed E-state index contributed by atoms with van der Waals surface area (Å²) in [7, 11) is 0. The maximum Gasteiger partial charge on any atom is 0.326 e. The van der Waals surface area contributed by atoms with Crippen LogP contribution in [0.5, 0.6) is 0 Å². The number of nitrogens with zero attached hydrogens (tertiary/aromatic N) is 1. The molecular weight excluding hydrogens is 596 g/mol. The Labute approximate surface area is 258 Å². The lowest BCUT2D eigenvalue weighted by Crippen LogP contribution is -2.58. The molecule has 0 spiro atoms. The summed E-state index contributed by atoms with van der Waals surface area (Å²) < 4.78 is 0. The molecule has 4 amide bonds. The van der Waals surface area contributed by atoms with E-state index in [1.165, 1.54) is 6.92 Å². The molecule has 0 saturated heterocycles. The zero-order valence-corrected chi connectivity index (χ0v) is 24.6. The number of benzene rings is 1. The van der Waals surface area contributed by atoms with Crippen molar-refractivity contribution >= 4 is 47.5 Å². The Balaban J connectivity index is 3.13. The molecular formula is C27H40N8O10. The maximum absolute atomic E-state index is 13.3. The summed E-state index contributed by atoms with van der Waals surface area (Å²) in [5, 5.41) is 37.0. The lowest BCUT2D eigenvalue weighted by atomic mass is 10.0. The molecule has 0 bridgehead atoms. The maximum atomic E-state index is 13.3. The molecule has 0 aromatic heterocycles. The SMILES string of the molecule is C[C@H](NC(=O)[C@H](N)CC(=O)O)C(=O)N[C@@H](CCC(=O)O)C(=O)N[C@@H](Cc1ccccc1)C(=O)N[C@@H](CCCN=C(N)N)C(=O)O. The molecule has 1 aromatic rings. The van der Waals surface area contributed by atoms with Crippen LogP contribution in [0.4, 0.5) is 0 Å². The van der Waals surface area contributed by atoms with Crippen molar-refractivity contribution < 1.29 is 48.9 Å². The van der Waals surface area contributed by atoms with Gasteiger partial charge in [0.1, 0.15) is 24.2 Å². The van der Waals surface area contributed by atoms with Gasteiger partial charge in [0.25, 0.3) is 0 Å². The van der Waals surface area contributed by atoms with E-state index >= 15 is 0 Å². The molecule has 0 heterocycles. The zero-order chi connectivity index (χ0) is 34.1. The molecule has 248 valence electrons. The predicted molar refractivity (Wildman–Crippen MR) is 158 cm³/mol. The minimum Gasteiger partial charge on any atom is -0.481 e. The Bertz CT molecular complexity index is 1240. The number of amides is 4. The topological polar surface area (TPSA) is 319 Å². The summed E-state index contributed by atoms with van der Waals surface area (Å²) in [6.07, 6.45) is -1.59. The summed E-state index contributed by atoms with van der Waals surface area (Å²) in [6, 6.07) is 1.45. The van der Waals surface area contributed by atoms with Crippen molar-refractivity contribution in [3.05, 3.63) is 35.9 Å². The van der Waals surface area contributed by atoms with Crippen LogP contribution in [0.25, 0.3) is 0 Å². The van der Waals surface area contributed by atoms with E-state index in [-0.39, 0.29) is 31.8 Å². The van der Waals surface area contributed by atoms with Gasteiger partial charge >= 0.3 is 17.9 Å². The second kappa shape index (κ2) is 19.1. The molecule has 0 saturated carbocycles. The van der Waals surface area contributed by atoms with Crippen LogP contribution in [0, 0.1) is 0 Å². The molecule has 0 aliphatic carbocycles. The number of aliphatic carboxylic acids is 3. The molecule has 0 fully saturated rings. The summed E-state index contributed by atoms with van der Waals surface area (Å²) in [5.74, 6) is -7.84. The highest BCUT2D eigenvalue weighted by atomic mass is 16.4. The van der Waals surface area contributed by atoms with Gasteiger partial charge in [0, 0.05) is 19.4 Å².